The van der Waals surface area contributed by atoms with Crippen molar-refractivity contribution in [1.82, 2.24) is 0 Å². The minimum Gasteiger partial charge on any atom is -0.431 e. The fraction of sp³-hybridized carbons (Fsp3) is 0.692. The van der Waals surface area contributed by atoms with Gasteiger partial charge in [-0.2, -0.15) is 0 Å². The summed E-state index contributed by atoms with van der Waals surface area (Å²) in [7, 11) is 1.48. The van der Waals surface area contributed by atoms with Crippen LogP contribution in [0.15, 0.2) is 11.8 Å². The molecule has 4 bridgehead atoms. The first-order valence-corrected chi connectivity index (χ1v) is 6.22. The third kappa shape index (κ3) is 1.40. The summed E-state index contributed by atoms with van der Waals surface area (Å²) in [5.74, 6) is -1.34. The van der Waals surface area contributed by atoms with Gasteiger partial charge in [0.05, 0.1) is 12.5 Å². The molecule has 0 N–H and O–H groups in total. The van der Waals surface area contributed by atoms with Gasteiger partial charge in [-0.25, -0.2) is 0 Å². The Bertz CT molecular complexity index is 441. The summed E-state index contributed by atoms with van der Waals surface area (Å²) in [6.07, 6.45) is 3.44. The van der Waals surface area contributed by atoms with Crippen LogP contribution in [0.5, 0.6) is 0 Å². The van der Waals surface area contributed by atoms with Crippen molar-refractivity contribution in [3.8, 4) is 0 Å². The predicted molar refractivity (Wildman–Crippen MR) is 60.3 cm³/mol. The first kappa shape index (κ1) is 11.9. The Hall–Kier alpha value is -1.20. The zero-order valence-corrected chi connectivity index (χ0v) is 10.5. The topological polar surface area (TPSA) is 61.8 Å². The summed E-state index contributed by atoms with van der Waals surface area (Å²) < 4.78 is 16.3. The Morgan fingerprint density at radius 3 is 3.00 bits per heavy atom. The number of carbonyl (C=O) groups is 2. The van der Waals surface area contributed by atoms with Crippen molar-refractivity contribution in [3.63, 3.8) is 0 Å². The molecular formula is C13H16O5. The summed E-state index contributed by atoms with van der Waals surface area (Å²) >= 11 is 0. The molecule has 0 radical (unpaired) electrons. The number of hydrogen-bond acceptors (Lipinski definition) is 5. The standard InChI is InChI=1S/C13H16O5/c1-7(14)18-10-6-9-5-8-3-4-17-13(16-2,11(8)10)12(9)15/h6,8-9,11H,3-5H2,1-2H3/t8-,9+,11-,13-/m1/s1. The van der Waals surface area contributed by atoms with Crippen molar-refractivity contribution < 1.29 is 23.8 Å². The highest BCUT2D eigenvalue weighted by Gasteiger charge is 2.63. The van der Waals surface area contributed by atoms with Crippen molar-refractivity contribution in [2.45, 2.75) is 25.6 Å². The Balaban J connectivity index is 2.04. The van der Waals surface area contributed by atoms with E-state index < -0.39 is 5.79 Å². The first-order valence-electron chi connectivity index (χ1n) is 6.22. The molecule has 4 atom stereocenters. The Kier molecular flexibility index (Phi) is 2.57. The summed E-state index contributed by atoms with van der Waals surface area (Å²) in [6.45, 7) is 1.88. The summed E-state index contributed by atoms with van der Waals surface area (Å²) in [4.78, 5) is 23.5. The second-order valence-corrected chi connectivity index (χ2v) is 5.12. The van der Waals surface area contributed by atoms with Gasteiger partial charge in [0, 0.05) is 20.0 Å². The van der Waals surface area contributed by atoms with Crippen LogP contribution in [0.2, 0.25) is 0 Å². The van der Waals surface area contributed by atoms with Gasteiger partial charge in [-0.15, -0.1) is 0 Å². The molecule has 1 saturated carbocycles. The van der Waals surface area contributed by atoms with E-state index in [9.17, 15) is 9.59 Å². The number of hydrogen-bond donors (Lipinski definition) is 0. The van der Waals surface area contributed by atoms with Crippen LogP contribution in [0, 0.1) is 17.8 Å². The normalized spacial score (nSPS) is 41.6. The molecule has 1 aliphatic heterocycles. The monoisotopic (exact) mass is 252 g/mol. The van der Waals surface area contributed by atoms with Crippen LogP contribution in [-0.2, 0) is 23.8 Å². The molecule has 3 aliphatic carbocycles. The predicted octanol–water partition coefficient (Wildman–Crippen LogP) is 1.03. The maximum Gasteiger partial charge on any atom is 0.307 e. The highest BCUT2D eigenvalue weighted by molar-refractivity contribution is 5.93. The molecule has 0 aromatic carbocycles. The lowest BCUT2D eigenvalue weighted by atomic mass is 9.61. The van der Waals surface area contributed by atoms with Crippen LogP contribution < -0.4 is 0 Å². The van der Waals surface area contributed by atoms with Crippen molar-refractivity contribution in [2.24, 2.45) is 17.8 Å². The van der Waals surface area contributed by atoms with Crippen LogP contribution in [0.1, 0.15) is 19.8 Å². The zero-order valence-electron chi connectivity index (χ0n) is 10.5. The molecular weight excluding hydrogens is 236 g/mol. The van der Waals surface area contributed by atoms with E-state index in [2.05, 4.69) is 0 Å². The fourth-order valence-electron chi connectivity index (χ4n) is 3.51. The number of allylic oxidation sites excluding steroid dienone is 1. The number of carbonyl (C=O) groups excluding carboxylic acids is 2. The molecule has 0 unspecified atom stereocenters. The zero-order chi connectivity index (χ0) is 12.9. The van der Waals surface area contributed by atoms with Gasteiger partial charge in [-0.05, 0) is 24.8 Å². The Morgan fingerprint density at radius 2 is 2.33 bits per heavy atom. The van der Waals surface area contributed by atoms with Crippen molar-refractivity contribution in [2.75, 3.05) is 13.7 Å². The van der Waals surface area contributed by atoms with Crippen molar-refractivity contribution in [3.05, 3.63) is 11.8 Å². The SMILES string of the molecule is CO[C@@]12OCC[C@@H]3C[C@@H](C=C(OC(C)=O)[C@@H]31)C2=O. The lowest BCUT2D eigenvalue weighted by Crippen LogP contribution is -2.64. The van der Waals surface area contributed by atoms with Gasteiger partial charge in [0.2, 0.25) is 5.79 Å². The van der Waals surface area contributed by atoms with E-state index in [-0.39, 0.29) is 23.6 Å². The van der Waals surface area contributed by atoms with E-state index in [1.807, 2.05) is 0 Å². The minimum absolute atomic E-state index is 0.0400. The Morgan fingerprint density at radius 1 is 1.56 bits per heavy atom. The van der Waals surface area contributed by atoms with E-state index in [0.29, 0.717) is 18.3 Å². The van der Waals surface area contributed by atoms with Crippen LogP contribution in [-0.4, -0.2) is 31.3 Å². The molecule has 1 saturated heterocycles. The quantitative estimate of drug-likeness (QED) is 0.687. The van der Waals surface area contributed by atoms with Crippen molar-refractivity contribution in [1.29, 1.82) is 0 Å². The van der Waals surface area contributed by atoms with Gasteiger partial charge in [-0.1, -0.05) is 0 Å². The average Bonchev–Trinajstić information content (AvgIpc) is 2.34. The number of rotatable bonds is 2. The fourth-order valence-corrected chi connectivity index (χ4v) is 3.51. The molecule has 0 aromatic rings. The van der Waals surface area contributed by atoms with Gasteiger partial charge in [0.25, 0.3) is 0 Å². The molecule has 5 nitrogen and oxygen atoms in total. The van der Waals surface area contributed by atoms with Gasteiger partial charge in [0.15, 0.2) is 5.78 Å². The van der Waals surface area contributed by atoms with E-state index in [4.69, 9.17) is 14.2 Å². The lowest BCUT2D eigenvalue weighted by Gasteiger charge is -2.53. The second-order valence-electron chi connectivity index (χ2n) is 5.12. The maximum absolute atomic E-state index is 12.3. The van der Waals surface area contributed by atoms with Gasteiger partial charge >= 0.3 is 5.97 Å². The van der Waals surface area contributed by atoms with Gasteiger partial charge < -0.3 is 14.2 Å². The average molecular weight is 252 g/mol. The number of ketones is 1. The molecule has 0 spiro atoms. The van der Waals surface area contributed by atoms with E-state index in [1.54, 1.807) is 6.08 Å². The highest BCUT2D eigenvalue weighted by atomic mass is 16.7. The highest BCUT2D eigenvalue weighted by Crippen LogP contribution is 2.53. The summed E-state index contributed by atoms with van der Waals surface area (Å²) in [6, 6.07) is 0. The Labute approximate surface area is 105 Å². The number of methoxy groups -OCH3 is 1. The molecule has 5 heteroatoms. The van der Waals surface area contributed by atoms with Crippen LogP contribution in [0.3, 0.4) is 0 Å². The largest absolute Gasteiger partial charge is 0.431 e. The van der Waals surface area contributed by atoms with Crippen LogP contribution in [0.4, 0.5) is 0 Å². The van der Waals surface area contributed by atoms with E-state index in [0.717, 1.165) is 12.8 Å². The molecule has 4 aliphatic rings. The number of esters is 1. The summed E-state index contributed by atoms with van der Waals surface area (Å²) in [5.41, 5.74) is 0. The van der Waals surface area contributed by atoms with E-state index >= 15 is 0 Å². The number of Topliss-reactive ketones (excluding diaryl/α,β-unsaturated/α-hetero) is 1. The van der Waals surface area contributed by atoms with Crippen molar-refractivity contribution >= 4 is 11.8 Å². The smallest absolute Gasteiger partial charge is 0.307 e. The molecule has 2 fully saturated rings. The van der Waals surface area contributed by atoms with Crippen LogP contribution >= 0.6 is 0 Å². The van der Waals surface area contributed by atoms with Gasteiger partial charge in [-0.3, -0.25) is 9.59 Å². The maximum atomic E-state index is 12.3. The van der Waals surface area contributed by atoms with Gasteiger partial charge in [0.1, 0.15) is 5.76 Å². The molecule has 0 aromatic heterocycles. The molecule has 18 heavy (non-hydrogen) atoms. The van der Waals surface area contributed by atoms with E-state index in [1.165, 1.54) is 14.0 Å². The third-order valence-electron chi connectivity index (χ3n) is 4.16. The second kappa shape index (κ2) is 3.90. The number of ether oxygens (including phenoxy) is 3. The molecule has 0 amide bonds. The third-order valence-corrected chi connectivity index (χ3v) is 4.16. The minimum atomic E-state index is -1.23. The summed E-state index contributed by atoms with van der Waals surface area (Å²) in [5, 5.41) is 0. The molecule has 4 rings (SSSR count). The molecule has 1 heterocycles. The first-order chi connectivity index (χ1) is 8.58. The van der Waals surface area contributed by atoms with Crippen LogP contribution in [0.25, 0.3) is 0 Å². The molecule has 98 valence electrons. The lowest BCUT2D eigenvalue weighted by molar-refractivity contribution is -0.281.